The number of hydrogen-bond donors (Lipinski definition) is 1. The highest BCUT2D eigenvalue weighted by Crippen LogP contribution is 2.61. The quantitative estimate of drug-likeness (QED) is 0.731. The molecule has 0 spiro atoms. The van der Waals surface area contributed by atoms with Gasteiger partial charge >= 0.3 is 5.69 Å². The number of aryl methyl sites for hydroxylation is 2. The Kier molecular flexibility index (Phi) is 5.06. The molecule has 0 atom stereocenters. The van der Waals surface area contributed by atoms with Gasteiger partial charge in [-0.1, -0.05) is 0 Å². The summed E-state index contributed by atoms with van der Waals surface area (Å²) in [5.41, 5.74) is 0.546. The third-order valence-electron chi connectivity index (χ3n) is 8.16. The van der Waals surface area contributed by atoms with E-state index in [9.17, 15) is 14.4 Å². The van der Waals surface area contributed by atoms with Crippen LogP contribution in [0.15, 0.2) is 15.9 Å². The Morgan fingerprint density at radius 3 is 2.39 bits per heavy atom. The summed E-state index contributed by atoms with van der Waals surface area (Å²) in [6.07, 6.45) is 12.2. The Bertz CT molecular complexity index is 1090. The Morgan fingerprint density at radius 2 is 1.74 bits per heavy atom. The highest BCUT2D eigenvalue weighted by Gasteiger charge is 2.50. The van der Waals surface area contributed by atoms with Gasteiger partial charge < -0.3 is 9.88 Å². The van der Waals surface area contributed by atoms with Crippen molar-refractivity contribution in [2.45, 2.75) is 64.3 Å². The van der Waals surface area contributed by atoms with Gasteiger partial charge in [0.1, 0.15) is 0 Å². The van der Waals surface area contributed by atoms with Crippen LogP contribution in [0.2, 0.25) is 0 Å². The van der Waals surface area contributed by atoms with Crippen LogP contribution in [0.4, 0.5) is 0 Å². The molecule has 6 rings (SSSR count). The molecule has 4 bridgehead atoms. The van der Waals surface area contributed by atoms with Crippen molar-refractivity contribution in [2.24, 2.45) is 37.3 Å². The summed E-state index contributed by atoms with van der Waals surface area (Å²) in [6.45, 7) is 1.30. The molecule has 4 aliphatic carbocycles. The highest BCUT2D eigenvalue weighted by atomic mass is 16.2. The largest absolute Gasteiger partial charge is 0.356 e. The number of nitrogens with zero attached hydrogens (tertiary/aromatic N) is 4. The lowest BCUT2D eigenvalue weighted by atomic mass is 9.49. The van der Waals surface area contributed by atoms with E-state index in [0.29, 0.717) is 36.0 Å². The van der Waals surface area contributed by atoms with Gasteiger partial charge in [0.15, 0.2) is 11.2 Å². The van der Waals surface area contributed by atoms with Gasteiger partial charge in [-0.05, 0) is 74.5 Å². The second-order valence-electron chi connectivity index (χ2n) is 10.4. The van der Waals surface area contributed by atoms with Gasteiger partial charge in [0.2, 0.25) is 5.91 Å². The Hall–Kier alpha value is -2.38. The minimum absolute atomic E-state index is 0.0782. The van der Waals surface area contributed by atoms with Crippen LogP contribution >= 0.6 is 0 Å². The summed E-state index contributed by atoms with van der Waals surface area (Å²) < 4.78 is 4.22. The van der Waals surface area contributed by atoms with Crippen LogP contribution in [0.1, 0.15) is 57.8 Å². The van der Waals surface area contributed by atoms with Crippen LogP contribution in [0.5, 0.6) is 0 Å². The highest BCUT2D eigenvalue weighted by molar-refractivity contribution is 5.75. The summed E-state index contributed by atoms with van der Waals surface area (Å²) in [4.78, 5) is 41.2. The van der Waals surface area contributed by atoms with Crippen LogP contribution in [0.25, 0.3) is 11.2 Å². The number of rotatable bonds is 7. The zero-order valence-electron chi connectivity index (χ0n) is 18.6. The maximum atomic E-state index is 12.5. The first-order valence-electron chi connectivity index (χ1n) is 11.7. The fourth-order valence-corrected chi connectivity index (χ4v) is 7.13. The molecule has 2 heterocycles. The molecule has 2 aromatic rings. The van der Waals surface area contributed by atoms with Crippen LogP contribution in [-0.2, 0) is 25.4 Å². The lowest BCUT2D eigenvalue weighted by Gasteiger charge is -2.57. The molecule has 1 amide bonds. The van der Waals surface area contributed by atoms with E-state index in [1.165, 1.54) is 50.1 Å². The van der Waals surface area contributed by atoms with E-state index < -0.39 is 0 Å². The number of carbonyl (C=O) groups is 1. The molecule has 8 nitrogen and oxygen atoms in total. The van der Waals surface area contributed by atoms with E-state index in [2.05, 4.69) is 10.3 Å². The first kappa shape index (κ1) is 20.5. The van der Waals surface area contributed by atoms with Crippen LogP contribution in [-0.4, -0.2) is 31.1 Å². The number of imidazole rings is 1. The Balaban J connectivity index is 1.13. The molecule has 0 unspecified atom stereocenters. The SMILES string of the molecule is Cn1c(=O)c2c(ncn2CCCC(=O)NCCC23CC4CC(CC(C4)C2)C3)n(C)c1=O. The third kappa shape index (κ3) is 3.64. The Morgan fingerprint density at radius 1 is 1.10 bits per heavy atom. The predicted molar refractivity (Wildman–Crippen MR) is 118 cm³/mol. The van der Waals surface area contributed by atoms with Crippen LogP contribution in [0, 0.1) is 23.2 Å². The van der Waals surface area contributed by atoms with Gasteiger partial charge in [0.05, 0.1) is 6.33 Å². The molecule has 4 saturated carbocycles. The van der Waals surface area contributed by atoms with E-state index >= 15 is 0 Å². The first-order valence-corrected chi connectivity index (χ1v) is 11.7. The molecule has 1 N–H and O–H groups in total. The number of amides is 1. The minimum Gasteiger partial charge on any atom is -0.356 e. The normalized spacial score (nSPS) is 29.0. The second kappa shape index (κ2) is 7.64. The zero-order valence-corrected chi connectivity index (χ0v) is 18.6. The van der Waals surface area contributed by atoms with Crippen molar-refractivity contribution >= 4 is 17.1 Å². The van der Waals surface area contributed by atoms with Crippen molar-refractivity contribution in [3.05, 3.63) is 27.2 Å². The Labute approximate surface area is 181 Å². The predicted octanol–water partition coefficient (Wildman–Crippen LogP) is 1.94. The van der Waals surface area contributed by atoms with Crippen LogP contribution in [0.3, 0.4) is 0 Å². The molecule has 2 aromatic heterocycles. The topological polar surface area (TPSA) is 90.9 Å². The molecular formula is C23H33N5O3. The fraction of sp³-hybridized carbons (Fsp3) is 0.739. The number of fused-ring (bicyclic) bond motifs is 1. The molecule has 4 fully saturated rings. The monoisotopic (exact) mass is 427 g/mol. The number of hydrogen-bond acceptors (Lipinski definition) is 4. The molecule has 0 saturated heterocycles. The minimum atomic E-state index is -0.388. The van der Waals surface area contributed by atoms with E-state index in [0.717, 1.165) is 35.3 Å². The van der Waals surface area contributed by atoms with Crippen molar-refractivity contribution in [1.82, 2.24) is 24.0 Å². The smallest absolute Gasteiger partial charge is 0.332 e. The molecule has 31 heavy (non-hydrogen) atoms. The maximum Gasteiger partial charge on any atom is 0.332 e. The molecule has 4 aliphatic rings. The van der Waals surface area contributed by atoms with Crippen molar-refractivity contribution in [3.63, 3.8) is 0 Å². The van der Waals surface area contributed by atoms with E-state index in [4.69, 9.17) is 0 Å². The third-order valence-corrected chi connectivity index (χ3v) is 8.16. The van der Waals surface area contributed by atoms with Gasteiger partial charge in [-0.25, -0.2) is 9.78 Å². The van der Waals surface area contributed by atoms with Crippen molar-refractivity contribution in [2.75, 3.05) is 6.54 Å². The number of aromatic nitrogens is 4. The maximum absolute atomic E-state index is 12.5. The molecule has 8 heteroatoms. The summed E-state index contributed by atoms with van der Waals surface area (Å²) in [7, 11) is 3.08. The van der Waals surface area contributed by atoms with Gasteiger partial charge in [0, 0.05) is 33.6 Å². The van der Waals surface area contributed by atoms with Gasteiger partial charge in [0.25, 0.3) is 5.56 Å². The molecular weight excluding hydrogens is 394 g/mol. The first-order chi connectivity index (χ1) is 14.8. The summed E-state index contributed by atoms with van der Waals surface area (Å²) >= 11 is 0. The lowest BCUT2D eigenvalue weighted by molar-refractivity contribution is -0.121. The average molecular weight is 428 g/mol. The van der Waals surface area contributed by atoms with E-state index in [1.54, 1.807) is 17.9 Å². The molecule has 0 radical (unpaired) electrons. The van der Waals surface area contributed by atoms with Gasteiger partial charge in [-0.15, -0.1) is 0 Å². The molecule has 0 aliphatic heterocycles. The van der Waals surface area contributed by atoms with Crippen molar-refractivity contribution in [3.8, 4) is 0 Å². The zero-order chi connectivity index (χ0) is 21.8. The fourth-order valence-electron chi connectivity index (χ4n) is 7.13. The average Bonchev–Trinajstić information content (AvgIpc) is 3.13. The van der Waals surface area contributed by atoms with E-state index in [1.807, 2.05) is 0 Å². The van der Waals surface area contributed by atoms with Crippen LogP contribution < -0.4 is 16.6 Å². The standard InChI is InChI=1S/C23H33N5O3/c1-26-20-19(21(30)27(2)22(26)31)28(14-25-20)7-3-4-18(29)24-6-5-23-11-15-8-16(12-23)10-17(9-15)13-23/h14-17H,3-13H2,1-2H3,(H,24,29). The van der Waals surface area contributed by atoms with Crippen molar-refractivity contribution in [1.29, 1.82) is 0 Å². The summed E-state index contributed by atoms with van der Waals surface area (Å²) in [5.74, 6) is 2.91. The molecule has 0 aromatic carbocycles. The summed E-state index contributed by atoms with van der Waals surface area (Å²) in [5, 5.41) is 3.14. The lowest BCUT2D eigenvalue weighted by Crippen LogP contribution is -2.47. The number of nitrogens with one attached hydrogen (secondary N) is 1. The molecule has 168 valence electrons. The number of carbonyl (C=O) groups excluding carboxylic acids is 1. The summed E-state index contributed by atoms with van der Waals surface area (Å²) in [6, 6.07) is 0. The van der Waals surface area contributed by atoms with Gasteiger partial charge in [-0.2, -0.15) is 0 Å². The van der Waals surface area contributed by atoms with Crippen molar-refractivity contribution < 1.29 is 4.79 Å². The second-order valence-corrected chi connectivity index (χ2v) is 10.4. The van der Waals surface area contributed by atoms with E-state index in [-0.39, 0.29) is 17.2 Å². The van der Waals surface area contributed by atoms with Gasteiger partial charge in [-0.3, -0.25) is 18.7 Å².